The highest BCUT2D eigenvalue weighted by molar-refractivity contribution is 7.03. The van der Waals surface area contributed by atoms with E-state index in [1.165, 1.54) is 115 Å². The van der Waals surface area contributed by atoms with Gasteiger partial charge in [0, 0.05) is 39.7 Å². The van der Waals surface area contributed by atoms with Crippen LogP contribution in [0.3, 0.4) is 0 Å². The van der Waals surface area contributed by atoms with Crippen molar-refractivity contribution >= 4 is 122 Å². The van der Waals surface area contributed by atoms with E-state index in [9.17, 15) is 0 Å². The molecule has 0 saturated carbocycles. The van der Waals surface area contributed by atoms with Crippen molar-refractivity contribution in [1.82, 2.24) is 15.0 Å². The Kier molecular flexibility index (Phi) is 9.39. The normalized spacial score (nSPS) is 14.1. The minimum absolute atomic E-state index is 0.118. The summed E-state index contributed by atoms with van der Waals surface area (Å²) in [5.74, 6) is 0.640. The molecule has 0 unspecified atom stereocenters. The van der Waals surface area contributed by atoms with Gasteiger partial charge >= 0.3 is 0 Å². The number of rotatable bonds is 3. The van der Waals surface area contributed by atoms with E-state index in [4.69, 9.17) is 9.97 Å². The van der Waals surface area contributed by atoms with Gasteiger partial charge < -0.3 is 9.80 Å². The van der Waals surface area contributed by atoms with Crippen LogP contribution < -0.4 is 26.2 Å². The number of hydrogen-bond donors (Lipinski definition) is 0. The zero-order valence-electron chi connectivity index (χ0n) is 45.3. The Morgan fingerprint density at radius 1 is 0.347 bits per heavy atom. The van der Waals surface area contributed by atoms with Crippen LogP contribution in [-0.2, 0) is 21.7 Å². The molecule has 2 aliphatic heterocycles. The summed E-state index contributed by atoms with van der Waals surface area (Å²) in [6, 6.07) is 57.1. The van der Waals surface area contributed by atoms with E-state index in [1.807, 2.05) is 0 Å². The zero-order valence-corrected chi connectivity index (χ0v) is 45.3. The van der Waals surface area contributed by atoms with E-state index in [1.54, 1.807) is 12.7 Å². The van der Waals surface area contributed by atoms with Gasteiger partial charge in [0.05, 0.1) is 0 Å². The summed E-state index contributed by atoms with van der Waals surface area (Å²) >= 11 is 0. The van der Waals surface area contributed by atoms with Crippen LogP contribution in [0.5, 0.6) is 0 Å². The molecular weight excluding hydrogens is 910 g/mol. The third-order valence-electron chi connectivity index (χ3n) is 16.9. The number of anilines is 6. The number of aromatic nitrogens is 3. The Bertz CT molecular complexity index is 4000. The second kappa shape index (κ2) is 15.4. The minimum atomic E-state index is -0.171. The quantitative estimate of drug-likeness (QED) is 0.130. The standard InChI is InChI=1S/C69H62BN5/c1-66(2,3)46-31-47(67(4,5)6)34-50(33-46)74-54-27-43-21-19-39-15-13-17-41-23-25-52(60(43)58(39)41)62(54)70-63-53-26-24-42-18-14-16-40-20-22-44(61(53)59(40)42)28-55(63)75(51-35-48(68(7,8)9)32-49(36-51)69(10,11)12)57-30-45(29-56(74)64(57)70)65-72-37-71-38-73-65/h13-38H,1-12H3. The van der Waals surface area contributed by atoms with Gasteiger partial charge in [-0.1, -0.05) is 180 Å². The summed E-state index contributed by atoms with van der Waals surface area (Å²) in [7, 11) is 0. The Balaban J connectivity index is 1.23. The average Bonchev–Trinajstić information content (AvgIpc) is 3.54. The summed E-state index contributed by atoms with van der Waals surface area (Å²) in [6.07, 6.45) is 3.26. The molecule has 0 fully saturated rings. The first-order valence-corrected chi connectivity index (χ1v) is 26.8. The molecule has 5 nitrogen and oxygen atoms in total. The van der Waals surface area contributed by atoms with Crippen molar-refractivity contribution in [2.45, 2.75) is 105 Å². The highest BCUT2D eigenvalue weighted by Crippen LogP contribution is 2.52. The lowest BCUT2D eigenvalue weighted by Crippen LogP contribution is -2.62. The fourth-order valence-corrected chi connectivity index (χ4v) is 12.9. The van der Waals surface area contributed by atoms with Gasteiger partial charge in [-0.2, -0.15) is 0 Å². The molecule has 0 spiro atoms. The smallest absolute Gasteiger partial charge is 0.253 e. The number of fused-ring (bicyclic) bond motifs is 6. The lowest BCUT2D eigenvalue weighted by Gasteiger charge is -2.46. The van der Waals surface area contributed by atoms with Crippen LogP contribution in [0.15, 0.2) is 158 Å². The van der Waals surface area contributed by atoms with Gasteiger partial charge in [-0.15, -0.1) is 0 Å². The van der Waals surface area contributed by atoms with E-state index in [0.29, 0.717) is 5.82 Å². The van der Waals surface area contributed by atoms with E-state index in [0.717, 1.165) is 28.3 Å². The third kappa shape index (κ3) is 6.80. The third-order valence-corrected chi connectivity index (χ3v) is 16.9. The van der Waals surface area contributed by atoms with Crippen LogP contribution in [0.1, 0.15) is 105 Å². The molecule has 3 heterocycles. The maximum absolute atomic E-state index is 4.91. The molecule has 2 aliphatic rings. The van der Waals surface area contributed by atoms with Gasteiger partial charge in [0.15, 0.2) is 5.82 Å². The summed E-state index contributed by atoms with van der Waals surface area (Å²) in [6.45, 7) is 28.0. The maximum Gasteiger partial charge on any atom is 0.253 e. The molecule has 12 aromatic rings. The second-order valence-corrected chi connectivity index (χ2v) is 25.9. The molecule has 14 rings (SSSR count). The summed E-state index contributed by atoms with van der Waals surface area (Å²) in [4.78, 5) is 19.4. The average molecular weight is 972 g/mol. The van der Waals surface area contributed by atoms with Crippen LogP contribution in [0.2, 0.25) is 0 Å². The minimum Gasteiger partial charge on any atom is -0.311 e. The molecule has 366 valence electrons. The van der Waals surface area contributed by atoms with Crippen molar-refractivity contribution < 1.29 is 0 Å². The summed E-state index contributed by atoms with van der Waals surface area (Å²) < 4.78 is 0. The predicted octanol–water partition coefficient (Wildman–Crippen LogP) is 16.6. The van der Waals surface area contributed by atoms with Crippen molar-refractivity contribution in [2.24, 2.45) is 0 Å². The molecule has 0 bridgehead atoms. The number of hydrogen-bond acceptors (Lipinski definition) is 5. The molecule has 6 heteroatoms. The van der Waals surface area contributed by atoms with Gasteiger partial charge in [-0.3, -0.25) is 0 Å². The molecule has 0 saturated heterocycles. The van der Waals surface area contributed by atoms with Crippen LogP contribution in [0.4, 0.5) is 34.1 Å². The van der Waals surface area contributed by atoms with Crippen LogP contribution in [0, 0.1) is 0 Å². The Morgan fingerprint density at radius 3 is 1.07 bits per heavy atom. The number of nitrogens with zero attached hydrogens (tertiary/aromatic N) is 5. The first kappa shape index (κ1) is 45.8. The Hall–Kier alpha value is -7.83. The van der Waals surface area contributed by atoms with E-state index >= 15 is 0 Å². The predicted molar refractivity (Wildman–Crippen MR) is 321 cm³/mol. The molecule has 0 N–H and O–H groups in total. The molecular formula is C69H62BN5. The topological polar surface area (TPSA) is 45.2 Å². The Labute approximate surface area is 441 Å². The van der Waals surface area contributed by atoms with Crippen molar-refractivity contribution in [3.63, 3.8) is 0 Å². The van der Waals surface area contributed by atoms with Crippen LogP contribution >= 0.6 is 0 Å². The van der Waals surface area contributed by atoms with Crippen molar-refractivity contribution in [3.05, 3.63) is 181 Å². The first-order chi connectivity index (χ1) is 35.7. The van der Waals surface area contributed by atoms with E-state index in [2.05, 4.69) is 243 Å². The van der Waals surface area contributed by atoms with E-state index < -0.39 is 0 Å². The van der Waals surface area contributed by atoms with Gasteiger partial charge in [-0.25, -0.2) is 15.0 Å². The lowest BCUT2D eigenvalue weighted by molar-refractivity contribution is 0.568. The van der Waals surface area contributed by atoms with Gasteiger partial charge in [0.1, 0.15) is 12.7 Å². The first-order valence-electron chi connectivity index (χ1n) is 26.8. The molecule has 0 aliphatic carbocycles. The molecule has 0 atom stereocenters. The number of benzene rings is 11. The Morgan fingerprint density at radius 2 is 0.693 bits per heavy atom. The molecule has 75 heavy (non-hydrogen) atoms. The fraction of sp³-hybridized carbons (Fsp3) is 0.232. The molecule has 0 amide bonds. The van der Waals surface area contributed by atoms with E-state index in [-0.39, 0.29) is 28.4 Å². The van der Waals surface area contributed by atoms with Crippen LogP contribution in [-0.4, -0.2) is 21.7 Å². The zero-order chi connectivity index (χ0) is 51.8. The van der Waals surface area contributed by atoms with Crippen molar-refractivity contribution in [3.8, 4) is 11.4 Å². The highest BCUT2D eigenvalue weighted by Gasteiger charge is 2.47. The van der Waals surface area contributed by atoms with Crippen molar-refractivity contribution in [2.75, 3.05) is 9.80 Å². The fourth-order valence-electron chi connectivity index (χ4n) is 12.9. The monoisotopic (exact) mass is 972 g/mol. The largest absolute Gasteiger partial charge is 0.311 e. The van der Waals surface area contributed by atoms with Crippen LogP contribution in [0.25, 0.3) is 76.0 Å². The van der Waals surface area contributed by atoms with Crippen molar-refractivity contribution in [1.29, 1.82) is 0 Å². The van der Waals surface area contributed by atoms with Gasteiger partial charge in [-0.05, 0) is 173 Å². The summed E-state index contributed by atoms with van der Waals surface area (Å²) in [5, 5.41) is 15.4. The SMILES string of the molecule is CC(C)(C)c1cc(N2c3cc(-c4ncncn4)cc4c3B(c3c2cc2ccc5cccc6ccc3c2c56)c2c(cc3ccc5cccc6ccc2c3c56)N4c2cc(C(C)(C)C)cc(C(C)(C)C)c2)cc(C(C)(C)C)c1. The summed E-state index contributed by atoms with van der Waals surface area (Å²) in [5.41, 5.74) is 16.5. The lowest BCUT2D eigenvalue weighted by atomic mass is 9.32. The molecule has 11 aromatic carbocycles. The van der Waals surface area contributed by atoms with Gasteiger partial charge in [0.25, 0.3) is 6.71 Å². The second-order valence-electron chi connectivity index (χ2n) is 25.9. The highest BCUT2D eigenvalue weighted by atomic mass is 15.2. The molecule has 1 aromatic heterocycles. The maximum atomic E-state index is 4.91. The molecule has 0 radical (unpaired) electrons. The van der Waals surface area contributed by atoms with Gasteiger partial charge in [0.2, 0.25) is 0 Å².